The fourth-order valence-electron chi connectivity index (χ4n) is 0.686. The van der Waals surface area contributed by atoms with Crippen LogP contribution in [0.5, 0.6) is 0 Å². The third kappa shape index (κ3) is 4.79. The average molecular weight is 147 g/mol. The molecule has 0 saturated heterocycles. The Morgan fingerprint density at radius 1 is 1.56 bits per heavy atom. The van der Waals surface area contributed by atoms with Crippen LogP contribution in [0.25, 0.3) is 0 Å². The summed E-state index contributed by atoms with van der Waals surface area (Å²) in [7, 11) is 2.00. The first-order valence-electron chi connectivity index (χ1n) is 3.60. The van der Waals surface area contributed by atoms with E-state index in [4.69, 9.17) is 0 Å². The van der Waals surface area contributed by atoms with Crippen molar-refractivity contribution in [1.82, 2.24) is 4.31 Å². The van der Waals surface area contributed by atoms with Crippen LogP contribution < -0.4 is 0 Å². The number of thiol groups is 1. The largest absolute Gasteiger partial charge is 0.254 e. The molecule has 9 heavy (non-hydrogen) atoms. The molecule has 1 nitrogen and oxygen atoms in total. The van der Waals surface area contributed by atoms with Gasteiger partial charge in [-0.15, -0.1) is 0 Å². The number of nitrogens with zero attached hydrogens (tertiary/aromatic N) is 1. The van der Waals surface area contributed by atoms with Crippen LogP contribution in [0.1, 0.15) is 33.1 Å². The predicted molar refractivity (Wildman–Crippen MR) is 45.7 cm³/mol. The van der Waals surface area contributed by atoms with Gasteiger partial charge in [0.25, 0.3) is 0 Å². The summed E-state index contributed by atoms with van der Waals surface area (Å²) in [6.45, 7) is 4.41. The zero-order valence-corrected chi connectivity index (χ0v) is 7.49. The van der Waals surface area contributed by atoms with Crippen LogP contribution in [0.3, 0.4) is 0 Å². The molecule has 0 aliphatic carbocycles. The highest BCUT2D eigenvalue weighted by Crippen LogP contribution is 2.06. The van der Waals surface area contributed by atoms with E-state index in [0.29, 0.717) is 6.04 Å². The second kappa shape index (κ2) is 5.12. The van der Waals surface area contributed by atoms with Crippen molar-refractivity contribution in [3.05, 3.63) is 0 Å². The van der Waals surface area contributed by atoms with Gasteiger partial charge in [-0.25, -0.2) is 0 Å². The first-order valence-corrected chi connectivity index (χ1v) is 4.00. The Hall–Kier alpha value is 0.310. The Balaban J connectivity index is 3.16. The third-order valence-electron chi connectivity index (χ3n) is 1.61. The SMILES string of the molecule is CCCCC(C)N(C)S. The van der Waals surface area contributed by atoms with Gasteiger partial charge in [0, 0.05) is 6.04 Å². The smallest absolute Gasteiger partial charge is 0.0168 e. The van der Waals surface area contributed by atoms with Crippen LogP contribution in [0.2, 0.25) is 0 Å². The second-order valence-corrected chi connectivity index (χ2v) is 3.20. The molecule has 0 spiro atoms. The molecule has 0 amide bonds. The lowest BCUT2D eigenvalue weighted by Gasteiger charge is -2.17. The molecule has 0 rings (SSSR count). The first kappa shape index (κ1) is 9.31. The van der Waals surface area contributed by atoms with E-state index in [1.165, 1.54) is 19.3 Å². The van der Waals surface area contributed by atoms with Gasteiger partial charge < -0.3 is 0 Å². The van der Waals surface area contributed by atoms with Gasteiger partial charge in [0.05, 0.1) is 0 Å². The number of unbranched alkanes of at least 4 members (excludes halogenated alkanes) is 1. The maximum atomic E-state index is 4.20. The van der Waals surface area contributed by atoms with Gasteiger partial charge in [0.1, 0.15) is 0 Å². The van der Waals surface area contributed by atoms with E-state index in [0.717, 1.165) is 0 Å². The molecule has 0 aromatic carbocycles. The van der Waals surface area contributed by atoms with Gasteiger partial charge >= 0.3 is 0 Å². The summed E-state index contributed by atoms with van der Waals surface area (Å²) < 4.78 is 1.97. The summed E-state index contributed by atoms with van der Waals surface area (Å²) >= 11 is 4.20. The fraction of sp³-hybridized carbons (Fsp3) is 1.00. The summed E-state index contributed by atoms with van der Waals surface area (Å²) in [4.78, 5) is 0. The minimum absolute atomic E-state index is 0.619. The number of hydrogen-bond donors (Lipinski definition) is 1. The highest BCUT2D eigenvalue weighted by Gasteiger charge is 2.02. The van der Waals surface area contributed by atoms with Crippen molar-refractivity contribution < 1.29 is 0 Å². The molecular formula is C7H17NS. The summed E-state index contributed by atoms with van der Waals surface area (Å²) in [6.07, 6.45) is 3.86. The Morgan fingerprint density at radius 2 is 2.11 bits per heavy atom. The van der Waals surface area contributed by atoms with Crippen LogP contribution in [-0.4, -0.2) is 17.4 Å². The molecule has 1 unspecified atom stereocenters. The Kier molecular flexibility index (Phi) is 5.30. The molecular weight excluding hydrogens is 130 g/mol. The van der Waals surface area contributed by atoms with E-state index in [1.807, 2.05) is 11.4 Å². The first-order chi connectivity index (χ1) is 4.18. The van der Waals surface area contributed by atoms with Gasteiger partial charge in [-0.05, 0) is 20.4 Å². The van der Waals surface area contributed by atoms with Crippen LogP contribution in [0.15, 0.2) is 0 Å². The zero-order valence-electron chi connectivity index (χ0n) is 6.59. The maximum absolute atomic E-state index is 4.20. The van der Waals surface area contributed by atoms with Crippen LogP contribution in [-0.2, 0) is 0 Å². The topological polar surface area (TPSA) is 3.24 Å². The lowest BCUT2D eigenvalue weighted by Crippen LogP contribution is -2.19. The molecule has 0 aromatic rings. The minimum Gasteiger partial charge on any atom is -0.254 e. The van der Waals surface area contributed by atoms with Crippen molar-refractivity contribution in [1.29, 1.82) is 0 Å². The van der Waals surface area contributed by atoms with E-state index >= 15 is 0 Å². The van der Waals surface area contributed by atoms with Crippen molar-refractivity contribution in [2.75, 3.05) is 7.05 Å². The Labute approximate surface area is 64.0 Å². The van der Waals surface area contributed by atoms with E-state index in [1.54, 1.807) is 0 Å². The fourth-order valence-corrected chi connectivity index (χ4v) is 0.802. The van der Waals surface area contributed by atoms with Gasteiger partial charge in [0.15, 0.2) is 0 Å². The Morgan fingerprint density at radius 3 is 2.44 bits per heavy atom. The summed E-state index contributed by atoms with van der Waals surface area (Å²) in [5, 5.41) is 0. The van der Waals surface area contributed by atoms with Crippen molar-refractivity contribution >= 4 is 12.8 Å². The second-order valence-electron chi connectivity index (χ2n) is 2.56. The average Bonchev–Trinajstić information content (AvgIpc) is 1.82. The normalized spacial score (nSPS) is 14.3. The quantitative estimate of drug-likeness (QED) is 0.597. The lowest BCUT2D eigenvalue weighted by atomic mass is 10.1. The van der Waals surface area contributed by atoms with E-state index < -0.39 is 0 Å². The van der Waals surface area contributed by atoms with Crippen molar-refractivity contribution in [3.8, 4) is 0 Å². The zero-order chi connectivity index (χ0) is 7.28. The van der Waals surface area contributed by atoms with Gasteiger partial charge in [-0.1, -0.05) is 32.6 Å². The monoisotopic (exact) mass is 147 g/mol. The number of hydrogen-bond acceptors (Lipinski definition) is 2. The molecule has 0 heterocycles. The molecule has 0 fully saturated rings. The molecule has 56 valence electrons. The van der Waals surface area contributed by atoms with E-state index in [2.05, 4.69) is 26.7 Å². The molecule has 0 aliphatic rings. The summed E-state index contributed by atoms with van der Waals surface area (Å²) in [6, 6.07) is 0.619. The Bertz CT molecular complexity index is 63.9. The van der Waals surface area contributed by atoms with Crippen LogP contribution >= 0.6 is 12.8 Å². The number of rotatable bonds is 4. The van der Waals surface area contributed by atoms with Crippen molar-refractivity contribution in [2.24, 2.45) is 0 Å². The molecule has 0 aromatic heterocycles. The van der Waals surface area contributed by atoms with Crippen LogP contribution in [0, 0.1) is 0 Å². The van der Waals surface area contributed by atoms with Crippen molar-refractivity contribution in [2.45, 2.75) is 39.2 Å². The highest BCUT2D eigenvalue weighted by molar-refractivity contribution is 7.77. The summed E-state index contributed by atoms with van der Waals surface area (Å²) in [5.41, 5.74) is 0. The van der Waals surface area contributed by atoms with Crippen molar-refractivity contribution in [3.63, 3.8) is 0 Å². The molecule has 0 N–H and O–H groups in total. The third-order valence-corrected chi connectivity index (χ3v) is 2.01. The maximum Gasteiger partial charge on any atom is 0.0168 e. The molecule has 0 bridgehead atoms. The lowest BCUT2D eigenvalue weighted by molar-refractivity contribution is 0.405. The predicted octanol–water partition coefficient (Wildman–Crippen LogP) is 2.34. The molecule has 0 saturated carbocycles. The molecule has 0 aliphatic heterocycles. The molecule has 1 atom stereocenters. The van der Waals surface area contributed by atoms with Gasteiger partial charge in [-0.2, -0.15) is 0 Å². The molecule has 2 heteroatoms. The van der Waals surface area contributed by atoms with Crippen LogP contribution in [0.4, 0.5) is 0 Å². The molecule has 0 radical (unpaired) electrons. The van der Waals surface area contributed by atoms with Gasteiger partial charge in [-0.3, -0.25) is 4.31 Å². The van der Waals surface area contributed by atoms with E-state index in [9.17, 15) is 0 Å². The van der Waals surface area contributed by atoms with E-state index in [-0.39, 0.29) is 0 Å². The van der Waals surface area contributed by atoms with Gasteiger partial charge in [0.2, 0.25) is 0 Å². The standard InChI is InChI=1S/C7H17NS/c1-4-5-6-7(2)8(3)9/h7,9H,4-6H2,1-3H3. The highest BCUT2D eigenvalue weighted by atomic mass is 32.1. The summed E-state index contributed by atoms with van der Waals surface area (Å²) in [5.74, 6) is 0. The minimum atomic E-state index is 0.619.